The van der Waals surface area contributed by atoms with Crippen LogP contribution in [0, 0.1) is 29.6 Å². The molecular formula is C97H134N4Si2. The lowest BCUT2D eigenvalue weighted by Crippen LogP contribution is -2.65. The van der Waals surface area contributed by atoms with E-state index in [0.29, 0.717) is 23.7 Å². The summed E-state index contributed by atoms with van der Waals surface area (Å²) in [5, 5.41) is 0. The van der Waals surface area contributed by atoms with E-state index in [1.165, 1.54) is 206 Å². The number of nitrogens with zero attached hydrogens (tertiary/aromatic N) is 4. The van der Waals surface area contributed by atoms with Crippen molar-refractivity contribution in [2.24, 2.45) is 29.6 Å². The number of hydrogen-bond donors (Lipinski definition) is 0. The molecule has 6 aromatic rings. The highest BCUT2D eigenvalue weighted by Crippen LogP contribution is 2.66. The summed E-state index contributed by atoms with van der Waals surface area (Å²) in [4.78, 5) is 4.95. The van der Waals surface area contributed by atoms with E-state index in [2.05, 4.69) is 303 Å². The molecule has 14 rings (SSSR count). The van der Waals surface area contributed by atoms with E-state index >= 15 is 0 Å². The molecule has 0 bridgehead atoms. The van der Waals surface area contributed by atoms with E-state index < -0.39 is 16.5 Å². The van der Waals surface area contributed by atoms with Gasteiger partial charge in [0.2, 0.25) is 0 Å². The lowest BCUT2D eigenvalue weighted by atomic mass is 9.68. The van der Waals surface area contributed by atoms with Crippen LogP contribution in [-0.4, -0.2) is 48.8 Å². The molecule has 0 aliphatic heterocycles. The first-order valence-corrected chi connectivity index (χ1v) is 48.2. The summed E-state index contributed by atoms with van der Waals surface area (Å²) in [6.07, 6.45) is 44.7. The number of anilines is 6. The Kier molecular flexibility index (Phi) is 23.1. The summed E-state index contributed by atoms with van der Waals surface area (Å²) in [5.41, 5.74) is 22.4. The zero-order valence-electron chi connectivity index (χ0n) is 67.0. The molecule has 7 atom stereocenters. The van der Waals surface area contributed by atoms with Crippen molar-refractivity contribution >= 4 is 61.7 Å². The Hall–Kier alpha value is -5.77. The number of para-hydroxylation sites is 4. The topological polar surface area (TPSA) is 13.0 Å². The second kappa shape index (κ2) is 31.6. The van der Waals surface area contributed by atoms with Crippen LogP contribution in [0.3, 0.4) is 0 Å². The molecule has 4 nitrogen and oxygen atoms in total. The Morgan fingerprint density at radius 2 is 0.748 bits per heavy atom. The number of benzene rings is 6. The predicted octanol–water partition coefficient (Wildman–Crippen LogP) is 28.5. The Labute approximate surface area is 629 Å². The van der Waals surface area contributed by atoms with Gasteiger partial charge in [-0.2, -0.15) is 0 Å². The summed E-state index contributed by atoms with van der Waals surface area (Å²) in [6.45, 7) is 38.5. The molecule has 0 radical (unpaired) electrons. The third-order valence-corrected chi connectivity index (χ3v) is 37.0. The van der Waals surface area contributed by atoms with E-state index in [-0.39, 0.29) is 21.9 Å². The molecule has 0 spiro atoms. The van der Waals surface area contributed by atoms with Gasteiger partial charge in [-0.3, -0.25) is 0 Å². The van der Waals surface area contributed by atoms with Gasteiger partial charge in [0.1, 0.15) is 16.5 Å². The summed E-state index contributed by atoms with van der Waals surface area (Å²) < 4.78 is 6.32. The van der Waals surface area contributed by atoms with Crippen molar-refractivity contribution < 1.29 is 0 Å². The number of hydrogen-bond acceptors (Lipinski definition) is 4. The fraction of sp³-hybridized carbons (Fsp3) is 0.546. The molecule has 6 aromatic carbocycles. The first-order valence-electron chi connectivity index (χ1n) is 42.2. The summed E-state index contributed by atoms with van der Waals surface area (Å²) in [5.74, 6) is 3.38. The third kappa shape index (κ3) is 14.7. The third-order valence-electron chi connectivity index (χ3n) is 27.3. The van der Waals surface area contributed by atoms with Crippen LogP contribution in [-0.2, 0) is 10.8 Å². The van der Waals surface area contributed by atoms with Gasteiger partial charge in [-0.05, 0) is 264 Å². The minimum Gasteiger partial charge on any atom is -0.316 e. The molecule has 6 heteroatoms. The number of unbranched alkanes of at least 4 members (excludes halogenated alkanes) is 4. The van der Waals surface area contributed by atoms with Crippen LogP contribution >= 0.6 is 0 Å². The molecule has 0 saturated heterocycles. The van der Waals surface area contributed by atoms with Crippen molar-refractivity contribution in [2.45, 2.75) is 308 Å². The SMILES string of the molecule is CCCCC1(CCCC)C2=CC3C(C=C2c2ccc(N(c4ccccc4)c4ccccc4)cc21)CC(C)C3[Si](C)(C)N(C1CCCCC1)C(C)(C)C.CCCCC1(CCCC)C2=CC3C(C=C2c2ccc(N(c4ccccc4)c4ccccc4)cc21)CCC3[Si](C)(C)N(C1CCCCC1)C(C)(C)C. The zero-order valence-corrected chi connectivity index (χ0v) is 69.0. The van der Waals surface area contributed by atoms with Crippen LogP contribution in [0.15, 0.2) is 193 Å². The second-order valence-electron chi connectivity index (χ2n) is 36.8. The maximum Gasteiger partial charge on any atom is 0.127 e. The van der Waals surface area contributed by atoms with Crippen molar-refractivity contribution in [1.29, 1.82) is 0 Å². The average Bonchev–Trinajstić information content (AvgIpc) is 1.55. The van der Waals surface area contributed by atoms with Crippen molar-refractivity contribution in [3.05, 3.63) is 215 Å². The van der Waals surface area contributed by atoms with E-state index in [0.717, 1.165) is 29.1 Å². The predicted molar refractivity (Wildman–Crippen MR) is 452 cm³/mol. The van der Waals surface area contributed by atoms with Gasteiger partial charge < -0.3 is 18.9 Å². The average molecular weight is 1410 g/mol. The number of allylic oxidation sites excluding steroid dienone is 8. The zero-order chi connectivity index (χ0) is 72.5. The largest absolute Gasteiger partial charge is 0.316 e. The lowest BCUT2D eigenvalue weighted by Gasteiger charge is -2.56. The Bertz CT molecular complexity index is 3830. The fourth-order valence-corrected chi connectivity index (χ4v) is 35.4. The van der Waals surface area contributed by atoms with Gasteiger partial charge in [-0.25, -0.2) is 0 Å². The van der Waals surface area contributed by atoms with E-state index in [9.17, 15) is 0 Å². The second-order valence-corrected chi connectivity index (χ2v) is 45.7. The molecular weight excluding hydrogens is 1280 g/mol. The van der Waals surface area contributed by atoms with Gasteiger partial charge in [0.15, 0.2) is 0 Å². The van der Waals surface area contributed by atoms with Crippen LogP contribution in [0.1, 0.15) is 259 Å². The Balaban J connectivity index is 0.000000183. The smallest absolute Gasteiger partial charge is 0.127 e. The Morgan fingerprint density at radius 3 is 1.12 bits per heavy atom. The number of rotatable bonds is 24. The molecule has 0 amide bonds. The molecule has 8 aliphatic carbocycles. The van der Waals surface area contributed by atoms with Gasteiger partial charge in [0, 0.05) is 68.1 Å². The molecule has 550 valence electrons. The van der Waals surface area contributed by atoms with Crippen molar-refractivity contribution in [1.82, 2.24) is 9.13 Å². The van der Waals surface area contributed by atoms with Crippen LogP contribution in [0.5, 0.6) is 0 Å². The maximum atomic E-state index is 3.17. The minimum absolute atomic E-state index is 0.0718. The molecule has 0 aromatic heterocycles. The van der Waals surface area contributed by atoms with Crippen molar-refractivity contribution in [3.8, 4) is 0 Å². The van der Waals surface area contributed by atoms with Crippen LogP contribution in [0.25, 0.3) is 11.1 Å². The highest BCUT2D eigenvalue weighted by atomic mass is 28.3. The van der Waals surface area contributed by atoms with Crippen LogP contribution < -0.4 is 9.80 Å². The van der Waals surface area contributed by atoms with Crippen LogP contribution in [0.2, 0.25) is 37.3 Å². The first kappa shape index (κ1) is 75.5. The molecule has 103 heavy (non-hydrogen) atoms. The van der Waals surface area contributed by atoms with Gasteiger partial charge in [-0.1, -0.05) is 266 Å². The quantitative estimate of drug-likeness (QED) is 0.0560. The highest BCUT2D eigenvalue weighted by molar-refractivity contribution is 6.77. The van der Waals surface area contributed by atoms with Crippen LogP contribution in [0.4, 0.5) is 34.1 Å². The molecule has 0 heterocycles. The molecule has 8 aliphatic rings. The summed E-state index contributed by atoms with van der Waals surface area (Å²) in [6, 6.07) is 60.6. The van der Waals surface area contributed by atoms with E-state index in [1.54, 1.807) is 33.4 Å². The van der Waals surface area contributed by atoms with E-state index in [1.807, 2.05) is 0 Å². The normalized spacial score (nSPS) is 23.6. The molecule has 4 fully saturated rings. The van der Waals surface area contributed by atoms with Gasteiger partial charge >= 0.3 is 0 Å². The minimum atomic E-state index is -1.86. The van der Waals surface area contributed by atoms with Gasteiger partial charge in [0.05, 0.1) is 0 Å². The van der Waals surface area contributed by atoms with E-state index in [4.69, 9.17) is 0 Å². The molecule has 0 N–H and O–H groups in total. The molecule has 7 unspecified atom stereocenters. The van der Waals surface area contributed by atoms with Gasteiger partial charge in [0.25, 0.3) is 0 Å². The standard InChI is InChI=1S/C49H68N2Si.C48H66N2Si/c1-9-11-30-49(31-12-10-2)45-34-41(50(38-22-16-13-17-23-38)39-24-18-14-19-25-39)28-29-42(45)44-33-37-32-36(3)47(43(37)35-46(44)49)52(7,8)51(48(4,5)6)40-26-20-15-21-27-40;1-8-10-31-48(32-11-9-2)44-34-40(49(37-21-15-12-16-22-37)38-23-17-13-18-24-38)28-29-41(44)43-33-36-27-30-46(42(36)35-45(43)48)51(6,7)50(47(3,4)5)39-25-19-14-20-26-39/h13-14,16-19,22-25,28-29,33-37,40,43,47H,9-12,15,20-21,26-27,30-32H2,1-8H3;12-13,15-18,21-24,28-29,33-36,39,42,46H,8-11,14,19-20,25-27,30-32H2,1-7H3. The fourth-order valence-electron chi connectivity index (χ4n) is 23.9. The van der Waals surface area contributed by atoms with Crippen molar-refractivity contribution in [3.63, 3.8) is 0 Å². The van der Waals surface area contributed by atoms with Gasteiger partial charge in [-0.15, -0.1) is 0 Å². The number of fused-ring (bicyclic) bond motifs is 8. The van der Waals surface area contributed by atoms with Crippen molar-refractivity contribution in [2.75, 3.05) is 9.80 Å². The molecule has 4 saturated carbocycles. The summed E-state index contributed by atoms with van der Waals surface area (Å²) in [7, 11) is -3.66. The first-order chi connectivity index (χ1) is 49.6. The Morgan fingerprint density at radius 1 is 0.388 bits per heavy atom. The lowest BCUT2D eigenvalue weighted by molar-refractivity contribution is 0.138. The maximum absolute atomic E-state index is 3.17. The monoisotopic (exact) mass is 1410 g/mol. The summed E-state index contributed by atoms with van der Waals surface area (Å²) >= 11 is 0. The highest BCUT2D eigenvalue weighted by Gasteiger charge is 2.58.